The lowest BCUT2D eigenvalue weighted by Crippen LogP contribution is -2.45. The predicted octanol–water partition coefficient (Wildman–Crippen LogP) is 1.63. The van der Waals surface area contributed by atoms with Gasteiger partial charge in [-0.3, -0.25) is 4.90 Å². The molecule has 0 bridgehead atoms. The third kappa shape index (κ3) is 3.44. The average Bonchev–Trinajstić information content (AvgIpc) is 3.09. The molecule has 0 aromatic rings. The molecule has 1 saturated carbocycles. The number of nitrogens with one attached hydrogen (secondary N) is 1. The summed E-state index contributed by atoms with van der Waals surface area (Å²) >= 11 is 0. The van der Waals surface area contributed by atoms with Crippen LogP contribution in [0, 0.1) is 0 Å². The van der Waals surface area contributed by atoms with E-state index in [0.717, 1.165) is 19.2 Å². The predicted molar refractivity (Wildman–Crippen MR) is 66.7 cm³/mol. The molecule has 1 aliphatic heterocycles. The second kappa shape index (κ2) is 5.48. The number of hydrogen-bond donors (Lipinski definition) is 1. The Bertz CT molecular complexity index is 216. The van der Waals surface area contributed by atoms with E-state index in [-0.39, 0.29) is 0 Å². The molecule has 2 aliphatic rings. The molecule has 0 aromatic carbocycles. The van der Waals surface area contributed by atoms with Crippen LogP contribution in [0.4, 0.5) is 0 Å². The molecule has 1 saturated heterocycles. The van der Waals surface area contributed by atoms with E-state index in [4.69, 9.17) is 4.74 Å². The average molecular weight is 226 g/mol. The quantitative estimate of drug-likeness (QED) is 0.771. The standard InChI is InChI=1S/C13H26N2O/c1-10(15(3)13-4-5-13)9-14-12-6-7-16-11(2)8-12/h10-14H,4-9H2,1-3H3. The van der Waals surface area contributed by atoms with Crippen molar-refractivity contribution >= 4 is 0 Å². The van der Waals surface area contributed by atoms with Crippen LogP contribution in [-0.4, -0.2) is 49.3 Å². The smallest absolute Gasteiger partial charge is 0.0561 e. The van der Waals surface area contributed by atoms with Gasteiger partial charge in [-0.25, -0.2) is 0 Å². The summed E-state index contributed by atoms with van der Waals surface area (Å²) in [6, 6.07) is 2.19. The van der Waals surface area contributed by atoms with Crippen LogP contribution in [0.2, 0.25) is 0 Å². The molecule has 0 aromatic heterocycles. The van der Waals surface area contributed by atoms with Gasteiger partial charge in [0, 0.05) is 31.3 Å². The molecule has 2 fully saturated rings. The first kappa shape index (κ1) is 12.3. The van der Waals surface area contributed by atoms with Crippen LogP contribution in [0.15, 0.2) is 0 Å². The van der Waals surface area contributed by atoms with Crippen LogP contribution < -0.4 is 5.32 Å². The summed E-state index contributed by atoms with van der Waals surface area (Å²) < 4.78 is 5.56. The SMILES string of the molecule is CC1CC(NCC(C)N(C)C2CC2)CCO1. The Hall–Kier alpha value is -0.120. The highest BCUT2D eigenvalue weighted by Crippen LogP contribution is 2.26. The van der Waals surface area contributed by atoms with Crippen LogP contribution in [0.1, 0.15) is 39.5 Å². The molecule has 94 valence electrons. The molecule has 1 N–H and O–H groups in total. The highest BCUT2D eigenvalue weighted by Gasteiger charge is 2.29. The van der Waals surface area contributed by atoms with Crippen molar-refractivity contribution in [2.45, 2.75) is 63.8 Å². The van der Waals surface area contributed by atoms with E-state index in [1.807, 2.05) is 0 Å². The van der Waals surface area contributed by atoms with Crippen molar-refractivity contribution in [3.8, 4) is 0 Å². The van der Waals surface area contributed by atoms with Gasteiger partial charge in [-0.1, -0.05) is 0 Å². The zero-order valence-corrected chi connectivity index (χ0v) is 10.9. The van der Waals surface area contributed by atoms with E-state index in [1.165, 1.54) is 25.7 Å². The maximum absolute atomic E-state index is 5.56. The summed E-state index contributed by atoms with van der Waals surface area (Å²) in [7, 11) is 2.26. The van der Waals surface area contributed by atoms with Crippen LogP contribution >= 0.6 is 0 Å². The molecular formula is C13H26N2O. The molecule has 1 heterocycles. The van der Waals surface area contributed by atoms with Gasteiger partial charge in [-0.15, -0.1) is 0 Å². The van der Waals surface area contributed by atoms with E-state index in [0.29, 0.717) is 18.2 Å². The van der Waals surface area contributed by atoms with E-state index in [1.54, 1.807) is 0 Å². The molecule has 0 spiro atoms. The van der Waals surface area contributed by atoms with Crippen LogP contribution in [0.3, 0.4) is 0 Å². The first-order valence-corrected chi connectivity index (χ1v) is 6.73. The minimum Gasteiger partial charge on any atom is -0.378 e. The van der Waals surface area contributed by atoms with Gasteiger partial charge in [0.1, 0.15) is 0 Å². The Morgan fingerprint density at radius 1 is 1.38 bits per heavy atom. The molecule has 16 heavy (non-hydrogen) atoms. The summed E-state index contributed by atoms with van der Waals surface area (Å²) in [5.74, 6) is 0. The summed E-state index contributed by atoms with van der Waals surface area (Å²) in [6.45, 7) is 6.54. The fourth-order valence-electron chi connectivity index (χ4n) is 2.51. The summed E-state index contributed by atoms with van der Waals surface area (Å²) in [5, 5.41) is 3.69. The lowest BCUT2D eigenvalue weighted by Gasteiger charge is -2.31. The molecule has 2 rings (SSSR count). The van der Waals surface area contributed by atoms with E-state index in [9.17, 15) is 0 Å². The van der Waals surface area contributed by atoms with Crippen LogP contribution in [0.25, 0.3) is 0 Å². The van der Waals surface area contributed by atoms with Gasteiger partial charge >= 0.3 is 0 Å². The van der Waals surface area contributed by atoms with Crippen molar-refractivity contribution < 1.29 is 4.74 Å². The van der Waals surface area contributed by atoms with Gasteiger partial charge < -0.3 is 10.1 Å². The molecule has 3 heteroatoms. The van der Waals surface area contributed by atoms with Crippen molar-refractivity contribution in [2.75, 3.05) is 20.2 Å². The first-order valence-electron chi connectivity index (χ1n) is 6.73. The maximum Gasteiger partial charge on any atom is 0.0561 e. The Labute approximate surface area is 99.5 Å². The number of hydrogen-bond acceptors (Lipinski definition) is 3. The highest BCUT2D eigenvalue weighted by atomic mass is 16.5. The zero-order valence-electron chi connectivity index (χ0n) is 10.9. The lowest BCUT2D eigenvalue weighted by molar-refractivity contribution is 0.0123. The van der Waals surface area contributed by atoms with Gasteiger partial charge in [-0.05, 0) is 46.6 Å². The van der Waals surface area contributed by atoms with Crippen molar-refractivity contribution in [3.05, 3.63) is 0 Å². The summed E-state index contributed by atoms with van der Waals surface area (Å²) in [6.07, 6.45) is 5.57. The Morgan fingerprint density at radius 3 is 2.75 bits per heavy atom. The normalized spacial score (nSPS) is 33.0. The fourth-order valence-corrected chi connectivity index (χ4v) is 2.51. The molecule has 0 amide bonds. The van der Waals surface area contributed by atoms with Crippen molar-refractivity contribution in [1.82, 2.24) is 10.2 Å². The van der Waals surface area contributed by atoms with Gasteiger partial charge in [0.25, 0.3) is 0 Å². The third-order valence-electron chi connectivity index (χ3n) is 4.01. The van der Waals surface area contributed by atoms with Gasteiger partial charge in [-0.2, -0.15) is 0 Å². The number of likely N-dealkylation sites (N-methyl/N-ethyl adjacent to an activating group) is 1. The van der Waals surface area contributed by atoms with Crippen LogP contribution in [-0.2, 0) is 4.74 Å². The highest BCUT2D eigenvalue weighted by molar-refractivity contribution is 4.86. The molecular weight excluding hydrogens is 200 g/mol. The first-order chi connectivity index (χ1) is 7.66. The number of rotatable bonds is 5. The monoisotopic (exact) mass is 226 g/mol. The molecule has 3 atom stereocenters. The van der Waals surface area contributed by atoms with Crippen molar-refractivity contribution in [3.63, 3.8) is 0 Å². The minimum absolute atomic E-state index is 0.433. The summed E-state index contributed by atoms with van der Waals surface area (Å²) in [5.41, 5.74) is 0. The third-order valence-corrected chi connectivity index (χ3v) is 4.01. The maximum atomic E-state index is 5.56. The Morgan fingerprint density at radius 2 is 2.12 bits per heavy atom. The van der Waals surface area contributed by atoms with Gasteiger partial charge in [0.05, 0.1) is 6.10 Å². The molecule has 3 unspecified atom stereocenters. The Balaban J connectivity index is 1.65. The molecule has 3 nitrogen and oxygen atoms in total. The molecule has 0 radical (unpaired) electrons. The zero-order chi connectivity index (χ0) is 11.5. The van der Waals surface area contributed by atoms with Gasteiger partial charge in [0.15, 0.2) is 0 Å². The van der Waals surface area contributed by atoms with Gasteiger partial charge in [0.2, 0.25) is 0 Å². The fraction of sp³-hybridized carbons (Fsp3) is 1.00. The topological polar surface area (TPSA) is 24.5 Å². The Kier molecular flexibility index (Phi) is 4.22. The second-order valence-electron chi connectivity index (χ2n) is 5.56. The van der Waals surface area contributed by atoms with Crippen molar-refractivity contribution in [1.29, 1.82) is 0 Å². The summed E-state index contributed by atoms with van der Waals surface area (Å²) in [4.78, 5) is 2.52. The van der Waals surface area contributed by atoms with E-state index < -0.39 is 0 Å². The van der Waals surface area contributed by atoms with Crippen molar-refractivity contribution in [2.24, 2.45) is 0 Å². The second-order valence-corrected chi connectivity index (χ2v) is 5.56. The van der Waals surface area contributed by atoms with E-state index in [2.05, 4.69) is 31.1 Å². The molecule has 1 aliphatic carbocycles. The number of ether oxygens (including phenoxy) is 1. The van der Waals surface area contributed by atoms with Crippen LogP contribution in [0.5, 0.6) is 0 Å². The number of nitrogens with zero attached hydrogens (tertiary/aromatic N) is 1. The minimum atomic E-state index is 0.433. The lowest BCUT2D eigenvalue weighted by atomic mass is 10.0. The van der Waals surface area contributed by atoms with E-state index >= 15 is 0 Å². The largest absolute Gasteiger partial charge is 0.378 e.